The second kappa shape index (κ2) is 5.56. The molecule has 0 saturated carbocycles. The third-order valence-electron chi connectivity index (χ3n) is 1.63. The van der Waals surface area contributed by atoms with E-state index >= 15 is 0 Å². The summed E-state index contributed by atoms with van der Waals surface area (Å²) in [6, 6.07) is 5.49. The van der Waals surface area contributed by atoms with Crippen LogP contribution in [0.4, 0.5) is 0 Å². The minimum Gasteiger partial charge on any atom is -0.375 e. The molecule has 0 aliphatic heterocycles. The highest BCUT2D eigenvalue weighted by molar-refractivity contribution is 6.41. The van der Waals surface area contributed by atoms with Gasteiger partial charge in [-0.2, -0.15) is 0 Å². The monoisotopic (exact) mass is 233 g/mol. The van der Waals surface area contributed by atoms with Gasteiger partial charge in [-0.25, -0.2) is 0 Å². The Balaban J connectivity index is 2.47. The Morgan fingerprint density at radius 3 is 2.64 bits per heavy atom. The lowest BCUT2D eigenvalue weighted by atomic mass is 10.2. The molecule has 1 aromatic rings. The van der Waals surface area contributed by atoms with Crippen molar-refractivity contribution < 1.29 is 4.74 Å². The highest BCUT2D eigenvalue weighted by Crippen LogP contribution is 2.22. The van der Waals surface area contributed by atoms with Crippen LogP contribution in [0.25, 0.3) is 0 Å². The normalized spacial score (nSPS) is 12.9. The summed E-state index contributed by atoms with van der Waals surface area (Å²) in [5.74, 6) is 0. The Kier molecular flexibility index (Phi) is 4.69. The van der Waals surface area contributed by atoms with Gasteiger partial charge in [0, 0.05) is 6.04 Å². The zero-order valence-corrected chi connectivity index (χ0v) is 9.48. The maximum absolute atomic E-state index is 5.84. The summed E-state index contributed by atoms with van der Waals surface area (Å²) in [6.07, 6.45) is 0. The van der Waals surface area contributed by atoms with Crippen LogP contribution in [-0.4, -0.2) is 12.6 Å². The fourth-order valence-corrected chi connectivity index (χ4v) is 1.31. The second-order valence-electron chi connectivity index (χ2n) is 3.24. The highest BCUT2D eigenvalue weighted by atomic mass is 35.5. The van der Waals surface area contributed by atoms with Crippen LogP contribution in [0, 0.1) is 0 Å². The van der Waals surface area contributed by atoms with Crippen LogP contribution < -0.4 is 5.73 Å². The summed E-state index contributed by atoms with van der Waals surface area (Å²) < 4.78 is 5.35. The lowest BCUT2D eigenvalue weighted by Gasteiger charge is -2.07. The minimum absolute atomic E-state index is 0.0535. The molecule has 2 nitrogen and oxygen atoms in total. The van der Waals surface area contributed by atoms with Crippen LogP contribution in [0.3, 0.4) is 0 Å². The van der Waals surface area contributed by atoms with E-state index in [4.69, 9.17) is 33.7 Å². The van der Waals surface area contributed by atoms with Crippen LogP contribution in [0.5, 0.6) is 0 Å². The van der Waals surface area contributed by atoms with Gasteiger partial charge in [-0.1, -0.05) is 29.3 Å². The quantitative estimate of drug-likeness (QED) is 0.869. The van der Waals surface area contributed by atoms with Crippen molar-refractivity contribution in [3.8, 4) is 0 Å². The summed E-state index contributed by atoms with van der Waals surface area (Å²) in [6.45, 7) is 2.95. The molecule has 78 valence electrons. The Bertz CT molecular complexity index is 302. The smallest absolute Gasteiger partial charge is 0.0718 e. The predicted molar refractivity (Wildman–Crippen MR) is 59.8 cm³/mol. The van der Waals surface area contributed by atoms with Crippen molar-refractivity contribution in [1.29, 1.82) is 0 Å². The minimum atomic E-state index is 0.0535. The van der Waals surface area contributed by atoms with Crippen molar-refractivity contribution in [2.75, 3.05) is 6.61 Å². The third kappa shape index (κ3) is 3.84. The number of benzene rings is 1. The van der Waals surface area contributed by atoms with Crippen LogP contribution >= 0.6 is 23.2 Å². The number of rotatable bonds is 4. The first-order valence-corrected chi connectivity index (χ1v) is 5.12. The van der Waals surface area contributed by atoms with E-state index in [2.05, 4.69) is 0 Å². The standard InChI is InChI=1S/C10H13Cl2NO/c1-7(13)5-14-6-8-2-3-9(11)10(12)4-8/h2-4,7H,5-6,13H2,1H3. The van der Waals surface area contributed by atoms with Crippen molar-refractivity contribution in [3.63, 3.8) is 0 Å². The van der Waals surface area contributed by atoms with E-state index in [-0.39, 0.29) is 6.04 Å². The first-order valence-electron chi connectivity index (χ1n) is 4.37. The van der Waals surface area contributed by atoms with E-state index < -0.39 is 0 Å². The number of ether oxygens (including phenoxy) is 1. The van der Waals surface area contributed by atoms with E-state index in [1.165, 1.54) is 0 Å². The van der Waals surface area contributed by atoms with E-state index in [0.717, 1.165) is 5.56 Å². The Morgan fingerprint density at radius 1 is 1.36 bits per heavy atom. The lowest BCUT2D eigenvalue weighted by Crippen LogP contribution is -2.21. The number of hydrogen-bond acceptors (Lipinski definition) is 2. The van der Waals surface area contributed by atoms with Gasteiger partial charge in [0.2, 0.25) is 0 Å². The molecule has 0 aromatic heterocycles. The summed E-state index contributed by atoms with van der Waals surface area (Å²) in [4.78, 5) is 0. The van der Waals surface area contributed by atoms with Gasteiger partial charge in [0.25, 0.3) is 0 Å². The molecule has 2 N–H and O–H groups in total. The average Bonchev–Trinajstić information content (AvgIpc) is 2.10. The molecule has 14 heavy (non-hydrogen) atoms. The lowest BCUT2D eigenvalue weighted by molar-refractivity contribution is 0.111. The third-order valence-corrected chi connectivity index (χ3v) is 2.37. The number of nitrogens with two attached hydrogens (primary N) is 1. The Hall–Kier alpha value is -0.280. The first kappa shape index (κ1) is 11.8. The fraction of sp³-hybridized carbons (Fsp3) is 0.400. The highest BCUT2D eigenvalue weighted by Gasteiger charge is 2.00. The van der Waals surface area contributed by atoms with Crippen LogP contribution in [0.1, 0.15) is 12.5 Å². The zero-order valence-electron chi connectivity index (χ0n) is 7.97. The Labute approximate surface area is 94.0 Å². The summed E-state index contributed by atoms with van der Waals surface area (Å²) in [5, 5.41) is 1.11. The molecule has 1 atom stereocenters. The van der Waals surface area contributed by atoms with Crippen molar-refractivity contribution in [3.05, 3.63) is 33.8 Å². The Morgan fingerprint density at radius 2 is 2.07 bits per heavy atom. The molecule has 0 heterocycles. The SMILES string of the molecule is CC(N)COCc1ccc(Cl)c(Cl)c1. The van der Waals surface area contributed by atoms with Crippen molar-refractivity contribution >= 4 is 23.2 Å². The molecule has 0 aliphatic carbocycles. The molecule has 0 aliphatic rings. The second-order valence-corrected chi connectivity index (χ2v) is 4.06. The molecule has 1 unspecified atom stereocenters. The average molecular weight is 234 g/mol. The molecule has 0 bridgehead atoms. The van der Waals surface area contributed by atoms with Crippen molar-refractivity contribution in [2.45, 2.75) is 19.6 Å². The van der Waals surface area contributed by atoms with Crippen molar-refractivity contribution in [2.24, 2.45) is 5.73 Å². The fourth-order valence-electron chi connectivity index (χ4n) is 0.992. The van der Waals surface area contributed by atoms with Gasteiger partial charge in [-0.15, -0.1) is 0 Å². The van der Waals surface area contributed by atoms with Gasteiger partial charge in [-0.3, -0.25) is 0 Å². The molecular formula is C10H13Cl2NO. The van der Waals surface area contributed by atoms with Gasteiger partial charge in [0.1, 0.15) is 0 Å². The summed E-state index contributed by atoms with van der Waals surface area (Å²) in [7, 11) is 0. The molecule has 0 saturated heterocycles. The molecule has 0 spiro atoms. The van der Waals surface area contributed by atoms with Gasteiger partial charge in [0.05, 0.1) is 23.3 Å². The summed E-state index contributed by atoms with van der Waals surface area (Å²) in [5.41, 5.74) is 6.54. The summed E-state index contributed by atoms with van der Waals surface area (Å²) >= 11 is 11.6. The van der Waals surface area contributed by atoms with E-state index in [9.17, 15) is 0 Å². The molecule has 1 rings (SSSR count). The van der Waals surface area contributed by atoms with Crippen LogP contribution in [-0.2, 0) is 11.3 Å². The van der Waals surface area contributed by atoms with E-state index in [1.807, 2.05) is 13.0 Å². The molecular weight excluding hydrogens is 221 g/mol. The molecule has 0 fully saturated rings. The van der Waals surface area contributed by atoms with Crippen LogP contribution in [0.15, 0.2) is 18.2 Å². The maximum Gasteiger partial charge on any atom is 0.0718 e. The largest absolute Gasteiger partial charge is 0.375 e. The van der Waals surface area contributed by atoms with Crippen LogP contribution in [0.2, 0.25) is 10.0 Å². The van der Waals surface area contributed by atoms with Gasteiger partial charge < -0.3 is 10.5 Å². The maximum atomic E-state index is 5.84. The molecule has 1 aromatic carbocycles. The van der Waals surface area contributed by atoms with E-state index in [1.54, 1.807) is 12.1 Å². The first-order chi connectivity index (χ1) is 6.59. The molecule has 0 amide bonds. The molecule has 0 radical (unpaired) electrons. The topological polar surface area (TPSA) is 35.2 Å². The van der Waals surface area contributed by atoms with Gasteiger partial charge in [-0.05, 0) is 24.6 Å². The zero-order chi connectivity index (χ0) is 10.6. The number of halogens is 2. The van der Waals surface area contributed by atoms with Crippen molar-refractivity contribution in [1.82, 2.24) is 0 Å². The predicted octanol–water partition coefficient (Wildman–Crippen LogP) is 2.86. The number of hydrogen-bond donors (Lipinski definition) is 1. The van der Waals surface area contributed by atoms with E-state index in [0.29, 0.717) is 23.3 Å². The van der Waals surface area contributed by atoms with Gasteiger partial charge in [0.15, 0.2) is 0 Å². The molecule has 4 heteroatoms. The van der Waals surface area contributed by atoms with Gasteiger partial charge >= 0.3 is 0 Å².